The fourth-order valence-corrected chi connectivity index (χ4v) is 2.22. The molecule has 1 heterocycles. The van der Waals surface area contributed by atoms with Crippen LogP contribution in [0.15, 0.2) is 18.2 Å². The molecule has 0 spiro atoms. The molecular formula is C15H18N2O3. The fraction of sp³-hybridized carbons (Fsp3) is 0.333. The van der Waals surface area contributed by atoms with E-state index in [1.807, 2.05) is 26.8 Å². The molecule has 106 valence electrons. The van der Waals surface area contributed by atoms with Crippen molar-refractivity contribution in [2.75, 3.05) is 6.61 Å². The third-order valence-electron chi connectivity index (χ3n) is 3.43. The second kappa shape index (κ2) is 5.46. The molecule has 0 aliphatic rings. The lowest BCUT2D eigenvalue weighted by Crippen LogP contribution is -2.12. The van der Waals surface area contributed by atoms with Crippen molar-refractivity contribution in [3.05, 3.63) is 40.6 Å². The summed E-state index contributed by atoms with van der Waals surface area (Å²) < 4.78 is 1.33. The maximum absolute atomic E-state index is 11.2. The van der Waals surface area contributed by atoms with Crippen molar-refractivity contribution in [1.29, 1.82) is 0 Å². The third kappa shape index (κ3) is 2.58. The van der Waals surface area contributed by atoms with E-state index in [2.05, 4.69) is 11.2 Å². The topological polar surface area (TPSA) is 75.3 Å². The highest BCUT2D eigenvalue weighted by atomic mass is 16.4. The molecule has 0 aliphatic heterocycles. The molecule has 5 nitrogen and oxygen atoms in total. The molecule has 2 rings (SSSR count). The summed E-state index contributed by atoms with van der Waals surface area (Å²) in [4.78, 5) is 11.2. The predicted octanol–water partition coefficient (Wildman–Crippen LogP) is 2.17. The van der Waals surface area contributed by atoms with Gasteiger partial charge in [-0.05, 0) is 49.6 Å². The van der Waals surface area contributed by atoms with Crippen LogP contribution in [0.4, 0.5) is 0 Å². The Kier molecular flexibility index (Phi) is 3.90. The van der Waals surface area contributed by atoms with Crippen LogP contribution in [0.25, 0.3) is 11.3 Å². The Balaban J connectivity index is 2.56. The van der Waals surface area contributed by atoms with E-state index in [4.69, 9.17) is 5.11 Å². The van der Waals surface area contributed by atoms with Crippen molar-refractivity contribution in [3.63, 3.8) is 0 Å². The van der Waals surface area contributed by atoms with Crippen LogP contribution in [0.2, 0.25) is 0 Å². The van der Waals surface area contributed by atoms with Gasteiger partial charge in [0.1, 0.15) is 5.69 Å². The van der Waals surface area contributed by atoms with Crippen molar-refractivity contribution in [2.24, 2.45) is 0 Å². The highest BCUT2D eigenvalue weighted by Crippen LogP contribution is 2.26. The van der Waals surface area contributed by atoms with Gasteiger partial charge < -0.3 is 10.2 Å². The predicted molar refractivity (Wildman–Crippen MR) is 75.9 cm³/mol. The minimum absolute atomic E-state index is 0.0895. The number of aliphatic hydroxyl groups excluding tert-OH is 1. The van der Waals surface area contributed by atoms with Crippen LogP contribution in [-0.4, -0.2) is 32.6 Å². The first-order valence-corrected chi connectivity index (χ1v) is 6.44. The van der Waals surface area contributed by atoms with E-state index in [0.29, 0.717) is 5.69 Å². The second-order valence-corrected chi connectivity index (χ2v) is 4.92. The van der Waals surface area contributed by atoms with Gasteiger partial charge in [0.25, 0.3) is 0 Å². The lowest BCUT2D eigenvalue weighted by Gasteiger charge is -2.07. The average Bonchev–Trinajstić information content (AvgIpc) is 2.78. The number of hydrogen-bond donors (Lipinski definition) is 2. The van der Waals surface area contributed by atoms with E-state index in [-0.39, 0.29) is 18.8 Å². The second-order valence-electron chi connectivity index (χ2n) is 4.92. The van der Waals surface area contributed by atoms with E-state index < -0.39 is 5.97 Å². The van der Waals surface area contributed by atoms with Crippen LogP contribution in [0.1, 0.15) is 27.2 Å². The number of rotatable bonds is 4. The van der Waals surface area contributed by atoms with Crippen LogP contribution in [0.3, 0.4) is 0 Å². The molecule has 2 N–H and O–H groups in total. The SMILES string of the molecule is Cc1cc(C)c(-c2cc(C(=O)O)n(CCO)n2)cc1C. The standard InChI is InChI=1S/C15H18N2O3/c1-9-6-11(3)12(7-10(9)2)13-8-14(15(19)20)17(16-13)4-5-18/h6-8,18H,4-5H2,1-3H3,(H,19,20). The maximum Gasteiger partial charge on any atom is 0.354 e. The largest absolute Gasteiger partial charge is 0.477 e. The molecule has 20 heavy (non-hydrogen) atoms. The Morgan fingerprint density at radius 3 is 2.40 bits per heavy atom. The Bertz CT molecular complexity index is 659. The lowest BCUT2D eigenvalue weighted by atomic mass is 9.99. The van der Waals surface area contributed by atoms with E-state index >= 15 is 0 Å². The van der Waals surface area contributed by atoms with Crippen molar-refractivity contribution >= 4 is 5.97 Å². The number of aryl methyl sites for hydroxylation is 3. The molecule has 1 aromatic carbocycles. The first-order chi connectivity index (χ1) is 9.43. The first kappa shape index (κ1) is 14.3. The highest BCUT2D eigenvalue weighted by molar-refractivity contribution is 5.87. The summed E-state index contributed by atoms with van der Waals surface area (Å²) in [5.41, 5.74) is 5.02. The van der Waals surface area contributed by atoms with Crippen molar-refractivity contribution in [2.45, 2.75) is 27.3 Å². The number of carboxylic acids is 1. The molecule has 0 amide bonds. The van der Waals surface area contributed by atoms with Gasteiger partial charge in [0.2, 0.25) is 0 Å². The summed E-state index contributed by atoms with van der Waals surface area (Å²) >= 11 is 0. The maximum atomic E-state index is 11.2. The molecule has 0 atom stereocenters. The molecule has 5 heteroatoms. The van der Waals surface area contributed by atoms with Gasteiger partial charge in [-0.1, -0.05) is 6.07 Å². The average molecular weight is 274 g/mol. The quantitative estimate of drug-likeness (QED) is 0.896. The minimum atomic E-state index is -1.04. The van der Waals surface area contributed by atoms with Gasteiger partial charge >= 0.3 is 5.97 Å². The summed E-state index contributed by atoms with van der Waals surface area (Å²) in [6.07, 6.45) is 0. The van der Waals surface area contributed by atoms with Gasteiger partial charge in [-0.3, -0.25) is 4.68 Å². The Hall–Kier alpha value is -2.14. The van der Waals surface area contributed by atoms with Crippen molar-refractivity contribution in [3.8, 4) is 11.3 Å². The molecule has 0 saturated carbocycles. The van der Waals surface area contributed by atoms with E-state index in [9.17, 15) is 9.90 Å². The summed E-state index contributed by atoms with van der Waals surface area (Å²) in [6, 6.07) is 5.63. The monoisotopic (exact) mass is 274 g/mol. The number of carbonyl (C=O) groups is 1. The molecule has 1 aromatic heterocycles. The molecule has 0 unspecified atom stereocenters. The third-order valence-corrected chi connectivity index (χ3v) is 3.43. The van der Waals surface area contributed by atoms with Gasteiger partial charge in [0.05, 0.1) is 18.8 Å². The van der Waals surface area contributed by atoms with Crippen molar-refractivity contribution < 1.29 is 15.0 Å². The number of aliphatic hydroxyl groups is 1. The zero-order chi connectivity index (χ0) is 14.9. The van der Waals surface area contributed by atoms with Crippen LogP contribution in [0.5, 0.6) is 0 Å². The van der Waals surface area contributed by atoms with E-state index in [1.165, 1.54) is 10.2 Å². The Labute approximate surface area is 117 Å². The van der Waals surface area contributed by atoms with Gasteiger partial charge in [0, 0.05) is 5.56 Å². The fourth-order valence-electron chi connectivity index (χ4n) is 2.22. The summed E-state index contributed by atoms with van der Waals surface area (Å²) in [5, 5.41) is 22.5. The number of aromatic carboxylic acids is 1. The Morgan fingerprint density at radius 1 is 1.15 bits per heavy atom. The summed E-state index contributed by atoms with van der Waals surface area (Å²) in [6.45, 7) is 6.06. The smallest absolute Gasteiger partial charge is 0.354 e. The van der Waals surface area contributed by atoms with Crippen LogP contribution in [-0.2, 0) is 6.54 Å². The van der Waals surface area contributed by atoms with Crippen LogP contribution < -0.4 is 0 Å². The van der Waals surface area contributed by atoms with Gasteiger partial charge in [-0.25, -0.2) is 4.79 Å². The number of carboxylic acid groups (broad SMARTS) is 1. The number of nitrogens with zero attached hydrogens (tertiary/aromatic N) is 2. The van der Waals surface area contributed by atoms with Crippen LogP contribution >= 0.6 is 0 Å². The number of aromatic nitrogens is 2. The van der Waals surface area contributed by atoms with E-state index in [1.54, 1.807) is 6.07 Å². The summed E-state index contributed by atoms with van der Waals surface area (Å²) in [5.74, 6) is -1.04. The Morgan fingerprint density at radius 2 is 1.80 bits per heavy atom. The number of benzene rings is 1. The normalized spacial score (nSPS) is 10.8. The first-order valence-electron chi connectivity index (χ1n) is 6.44. The van der Waals surface area contributed by atoms with E-state index in [0.717, 1.165) is 16.7 Å². The van der Waals surface area contributed by atoms with Gasteiger partial charge in [0.15, 0.2) is 0 Å². The molecule has 2 aromatic rings. The molecular weight excluding hydrogens is 256 g/mol. The summed E-state index contributed by atoms with van der Waals surface area (Å²) in [7, 11) is 0. The zero-order valence-electron chi connectivity index (χ0n) is 11.8. The molecule has 0 bridgehead atoms. The molecule has 0 saturated heterocycles. The molecule has 0 radical (unpaired) electrons. The molecule has 0 fully saturated rings. The molecule has 0 aliphatic carbocycles. The minimum Gasteiger partial charge on any atom is -0.477 e. The highest BCUT2D eigenvalue weighted by Gasteiger charge is 2.16. The van der Waals surface area contributed by atoms with Crippen LogP contribution in [0, 0.1) is 20.8 Å². The van der Waals surface area contributed by atoms with Crippen molar-refractivity contribution in [1.82, 2.24) is 9.78 Å². The lowest BCUT2D eigenvalue weighted by molar-refractivity contribution is 0.0681. The zero-order valence-corrected chi connectivity index (χ0v) is 11.8. The van der Waals surface area contributed by atoms with Gasteiger partial charge in [-0.15, -0.1) is 0 Å². The van der Waals surface area contributed by atoms with Gasteiger partial charge in [-0.2, -0.15) is 5.10 Å². The number of hydrogen-bond acceptors (Lipinski definition) is 3.